The molecular weight excluding hydrogens is 270 g/mol. The second-order valence-electron chi connectivity index (χ2n) is 6.79. The maximum atomic E-state index is 11.6. The molecule has 2 N–H and O–H groups in total. The number of carbonyl (C=O) groups is 2. The molecule has 0 aromatic heterocycles. The molecule has 6 nitrogen and oxygen atoms in total. The highest BCUT2D eigenvalue weighted by atomic mass is 16.6. The lowest BCUT2D eigenvalue weighted by Gasteiger charge is -2.25. The van der Waals surface area contributed by atoms with Crippen molar-refractivity contribution in [2.24, 2.45) is 0 Å². The number of likely N-dealkylation sites (tertiary alicyclic amines) is 1. The van der Waals surface area contributed by atoms with Crippen LogP contribution in [-0.4, -0.2) is 54.2 Å². The fourth-order valence-corrected chi connectivity index (χ4v) is 2.38. The van der Waals surface area contributed by atoms with Gasteiger partial charge in [-0.2, -0.15) is 0 Å². The summed E-state index contributed by atoms with van der Waals surface area (Å²) in [5.74, 6) is 0.239. The number of hydrogen-bond donors (Lipinski definition) is 2. The van der Waals surface area contributed by atoms with Gasteiger partial charge in [0.25, 0.3) is 0 Å². The maximum Gasteiger partial charge on any atom is 0.407 e. The van der Waals surface area contributed by atoms with E-state index in [1.165, 1.54) is 0 Å². The van der Waals surface area contributed by atoms with Crippen LogP contribution in [0.4, 0.5) is 4.79 Å². The summed E-state index contributed by atoms with van der Waals surface area (Å²) < 4.78 is 5.18. The Bertz CT molecular complexity index is 366. The van der Waals surface area contributed by atoms with Gasteiger partial charge in [-0.15, -0.1) is 0 Å². The van der Waals surface area contributed by atoms with Crippen LogP contribution in [0, 0.1) is 0 Å². The molecule has 1 fully saturated rings. The summed E-state index contributed by atoms with van der Waals surface area (Å²) in [6.07, 6.45) is 1.22. The lowest BCUT2D eigenvalue weighted by Crippen LogP contribution is -2.47. The number of rotatable bonds is 6. The summed E-state index contributed by atoms with van der Waals surface area (Å²) in [6, 6.07) is 0.313. The fourth-order valence-electron chi connectivity index (χ4n) is 2.38. The quantitative estimate of drug-likeness (QED) is 0.780. The van der Waals surface area contributed by atoms with Crippen LogP contribution in [0.15, 0.2) is 0 Å². The third-order valence-corrected chi connectivity index (χ3v) is 3.19. The largest absolute Gasteiger partial charge is 0.444 e. The summed E-state index contributed by atoms with van der Waals surface area (Å²) in [7, 11) is 0. The van der Waals surface area contributed by atoms with Gasteiger partial charge in [0.1, 0.15) is 5.60 Å². The number of ether oxygens (including phenoxy) is 1. The van der Waals surface area contributed by atoms with E-state index in [2.05, 4.69) is 17.6 Å². The summed E-state index contributed by atoms with van der Waals surface area (Å²) in [5, 5.41) is 6.12. The molecule has 21 heavy (non-hydrogen) atoms. The molecule has 6 heteroatoms. The number of hydrogen-bond acceptors (Lipinski definition) is 4. The highest BCUT2D eigenvalue weighted by Crippen LogP contribution is 2.10. The van der Waals surface area contributed by atoms with Crippen LogP contribution in [0.1, 0.15) is 47.5 Å². The summed E-state index contributed by atoms with van der Waals surface area (Å²) in [5.41, 5.74) is -0.482. The van der Waals surface area contributed by atoms with Crippen LogP contribution in [-0.2, 0) is 9.53 Å². The number of carbonyl (C=O) groups excluding carboxylic acids is 2. The van der Waals surface area contributed by atoms with Crippen molar-refractivity contribution in [2.75, 3.05) is 19.6 Å². The molecule has 2 amide bonds. The summed E-state index contributed by atoms with van der Waals surface area (Å²) >= 11 is 0. The summed E-state index contributed by atoms with van der Waals surface area (Å²) in [4.78, 5) is 25.0. The van der Waals surface area contributed by atoms with Crippen molar-refractivity contribution in [3.63, 3.8) is 0 Å². The van der Waals surface area contributed by atoms with Crippen LogP contribution >= 0.6 is 0 Å². The zero-order valence-corrected chi connectivity index (χ0v) is 13.9. The zero-order valence-electron chi connectivity index (χ0n) is 13.9. The van der Waals surface area contributed by atoms with Gasteiger partial charge in [-0.05, 0) is 41.0 Å². The smallest absolute Gasteiger partial charge is 0.407 e. The highest BCUT2D eigenvalue weighted by Gasteiger charge is 2.22. The molecule has 1 aliphatic heterocycles. The number of alkyl carbamates (subject to hydrolysis) is 1. The standard InChI is InChI=1S/C15H29N3O3/c1-11(9-16-14(20)21-15(3,4)5)17-12(2)10-18-8-6-7-13(18)19/h11-12,17H,6-10H2,1-5H3,(H,16,20). The molecule has 0 saturated carbocycles. The Hall–Kier alpha value is -1.30. The molecule has 2 unspecified atom stereocenters. The summed E-state index contributed by atoms with van der Waals surface area (Å²) in [6.45, 7) is 11.6. The van der Waals surface area contributed by atoms with E-state index in [1.54, 1.807) is 0 Å². The molecule has 1 heterocycles. The van der Waals surface area contributed by atoms with Crippen molar-refractivity contribution in [3.8, 4) is 0 Å². The normalized spacial score (nSPS) is 18.5. The van der Waals surface area contributed by atoms with Gasteiger partial charge >= 0.3 is 6.09 Å². The Morgan fingerprint density at radius 2 is 2.00 bits per heavy atom. The van der Waals surface area contributed by atoms with Crippen LogP contribution in [0.5, 0.6) is 0 Å². The van der Waals surface area contributed by atoms with Gasteiger partial charge in [0.05, 0.1) is 0 Å². The first-order chi connectivity index (χ1) is 9.67. The van der Waals surface area contributed by atoms with Gasteiger partial charge in [0.2, 0.25) is 5.91 Å². The molecule has 0 aromatic rings. The van der Waals surface area contributed by atoms with Gasteiger partial charge < -0.3 is 20.3 Å². The van der Waals surface area contributed by atoms with Gasteiger partial charge in [0.15, 0.2) is 0 Å². The third-order valence-electron chi connectivity index (χ3n) is 3.19. The van der Waals surface area contributed by atoms with Crippen molar-refractivity contribution in [1.29, 1.82) is 0 Å². The fraction of sp³-hybridized carbons (Fsp3) is 0.867. The van der Waals surface area contributed by atoms with Crippen molar-refractivity contribution in [1.82, 2.24) is 15.5 Å². The first-order valence-electron chi connectivity index (χ1n) is 7.68. The Balaban J connectivity index is 2.22. The van der Waals surface area contributed by atoms with E-state index in [4.69, 9.17) is 4.74 Å². The van der Waals surface area contributed by atoms with E-state index in [9.17, 15) is 9.59 Å². The molecule has 0 aliphatic carbocycles. The SMILES string of the molecule is CC(CNC(=O)OC(C)(C)C)NC(C)CN1CCCC1=O. The lowest BCUT2D eigenvalue weighted by atomic mass is 10.2. The van der Waals surface area contributed by atoms with Crippen molar-refractivity contribution in [3.05, 3.63) is 0 Å². The lowest BCUT2D eigenvalue weighted by molar-refractivity contribution is -0.127. The minimum absolute atomic E-state index is 0.116. The zero-order chi connectivity index (χ0) is 16.0. The monoisotopic (exact) mass is 299 g/mol. The average molecular weight is 299 g/mol. The number of nitrogens with one attached hydrogen (secondary N) is 2. The van der Waals surface area contributed by atoms with E-state index in [1.807, 2.05) is 32.6 Å². The molecule has 122 valence electrons. The Morgan fingerprint density at radius 1 is 1.33 bits per heavy atom. The topological polar surface area (TPSA) is 70.7 Å². The molecule has 1 saturated heterocycles. The molecule has 2 atom stereocenters. The Labute approximate surface area is 127 Å². The van der Waals surface area contributed by atoms with Crippen molar-refractivity contribution < 1.29 is 14.3 Å². The predicted molar refractivity (Wildman–Crippen MR) is 82.1 cm³/mol. The van der Waals surface area contributed by atoms with Gasteiger partial charge in [0, 0.05) is 38.1 Å². The average Bonchev–Trinajstić information content (AvgIpc) is 2.70. The van der Waals surface area contributed by atoms with Crippen LogP contribution in [0.2, 0.25) is 0 Å². The van der Waals surface area contributed by atoms with Crippen LogP contribution in [0.25, 0.3) is 0 Å². The van der Waals surface area contributed by atoms with Crippen LogP contribution in [0.3, 0.4) is 0 Å². The van der Waals surface area contributed by atoms with E-state index >= 15 is 0 Å². The molecule has 0 aromatic carbocycles. The van der Waals surface area contributed by atoms with Gasteiger partial charge in [-0.3, -0.25) is 4.79 Å². The van der Waals surface area contributed by atoms with Crippen molar-refractivity contribution in [2.45, 2.75) is 65.1 Å². The molecule has 0 bridgehead atoms. The highest BCUT2D eigenvalue weighted by molar-refractivity contribution is 5.78. The van der Waals surface area contributed by atoms with Gasteiger partial charge in [-0.1, -0.05) is 0 Å². The van der Waals surface area contributed by atoms with Crippen LogP contribution < -0.4 is 10.6 Å². The van der Waals surface area contributed by atoms with Gasteiger partial charge in [-0.25, -0.2) is 4.79 Å². The second-order valence-corrected chi connectivity index (χ2v) is 6.79. The van der Waals surface area contributed by atoms with Crippen molar-refractivity contribution >= 4 is 12.0 Å². The van der Waals surface area contributed by atoms with E-state index < -0.39 is 11.7 Å². The maximum absolute atomic E-state index is 11.6. The molecular formula is C15H29N3O3. The van der Waals surface area contributed by atoms with E-state index in [0.717, 1.165) is 19.5 Å². The minimum atomic E-state index is -0.482. The van der Waals surface area contributed by atoms with E-state index in [-0.39, 0.29) is 18.0 Å². The minimum Gasteiger partial charge on any atom is -0.444 e. The first kappa shape index (κ1) is 17.8. The van der Waals surface area contributed by atoms with E-state index in [0.29, 0.717) is 13.0 Å². The molecule has 1 aliphatic rings. The first-order valence-corrected chi connectivity index (χ1v) is 7.68. The molecule has 0 radical (unpaired) electrons. The number of amides is 2. The Morgan fingerprint density at radius 3 is 2.52 bits per heavy atom. The molecule has 0 spiro atoms. The number of nitrogens with zero attached hydrogens (tertiary/aromatic N) is 1. The Kier molecular flexibility index (Phi) is 6.45. The predicted octanol–water partition coefficient (Wildman–Crippen LogP) is 1.50. The third kappa shape index (κ3) is 7.32. The molecule has 1 rings (SSSR count). The second kappa shape index (κ2) is 7.64.